The van der Waals surface area contributed by atoms with E-state index in [0.717, 1.165) is 11.8 Å². The number of aldehydes is 1. The lowest BCUT2D eigenvalue weighted by Gasteiger charge is -2.25. The van der Waals surface area contributed by atoms with Gasteiger partial charge in [-0.25, -0.2) is 10.0 Å². The quantitative estimate of drug-likeness (QED) is 0.642. The average Bonchev–Trinajstić information content (AvgIpc) is 2.03. The molecule has 0 atom stereocenters. The van der Waals surface area contributed by atoms with Crippen molar-refractivity contribution >= 4 is 16.3 Å². The van der Waals surface area contributed by atoms with Crippen molar-refractivity contribution in [3.63, 3.8) is 0 Å². The van der Waals surface area contributed by atoms with Crippen LogP contribution in [0.15, 0.2) is 29.2 Å². The van der Waals surface area contributed by atoms with Gasteiger partial charge in [0.05, 0.1) is 0 Å². The fraction of sp³-hybridized carbons (Fsp3) is 0.300. The zero-order chi connectivity index (χ0) is 9.19. The van der Waals surface area contributed by atoms with Crippen LogP contribution in [-0.4, -0.2) is 25.1 Å². The molecule has 1 rings (SSSR count). The summed E-state index contributed by atoms with van der Waals surface area (Å²) in [4.78, 5) is 11.8. The standard InChI is InChI=1S/C10H14OS/c1-12(2,3)10-6-4-5-9(7-10)8-11/h4-8H,1-3H3. The molecule has 0 unspecified atom stereocenters. The molecule has 0 aliphatic rings. The maximum Gasteiger partial charge on any atom is 0.150 e. The Labute approximate surface area is 75.1 Å². The molecule has 0 fully saturated rings. The number of hydrogen-bond donors (Lipinski definition) is 0. The Balaban J connectivity index is 3.10. The topological polar surface area (TPSA) is 17.1 Å². The van der Waals surface area contributed by atoms with Gasteiger partial charge in [0.1, 0.15) is 6.29 Å². The molecule has 0 radical (unpaired) electrons. The maximum absolute atomic E-state index is 10.5. The van der Waals surface area contributed by atoms with E-state index in [1.165, 1.54) is 4.90 Å². The molecule has 2 heteroatoms. The number of carbonyl (C=O) groups is 1. The fourth-order valence-electron chi connectivity index (χ4n) is 0.969. The van der Waals surface area contributed by atoms with Gasteiger partial charge in [0.2, 0.25) is 0 Å². The summed E-state index contributed by atoms with van der Waals surface area (Å²) in [7, 11) is -0.694. The number of benzene rings is 1. The smallest absolute Gasteiger partial charge is 0.150 e. The second-order valence-electron chi connectivity index (χ2n) is 3.53. The van der Waals surface area contributed by atoms with E-state index in [-0.39, 0.29) is 0 Å². The van der Waals surface area contributed by atoms with Crippen LogP contribution >= 0.6 is 10.0 Å². The van der Waals surface area contributed by atoms with E-state index in [0.29, 0.717) is 0 Å². The van der Waals surface area contributed by atoms with Gasteiger partial charge in [0, 0.05) is 5.56 Å². The van der Waals surface area contributed by atoms with Crippen molar-refractivity contribution in [1.29, 1.82) is 0 Å². The summed E-state index contributed by atoms with van der Waals surface area (Å²) < 4.78 is 0. The van der Waals surface area contributed by atoms with E-state index >= 15 is 0 Å². The van der Waals surface area contributed by atoms with Crippen molar-refractivity contribution in [3.8, 4) is 0 Å². The lowest BCUT2D eigenvalue weighted by molar-refractivity contribution is 0.112. The Hall–Kier alpha value is -0.760. The van der Waals surface area contributed by atoms with Crippen molar-refractivity contribution < 1.29 is 4.79 Å². The van der Waals surface area contributed by atoms with E-state index in [2.05, 4.69) is 24.8 Å². The van der Waals surface area contributed by atoms with Crippen molar-refractivity contribution in [1.82, 2.24) is 0 Å². The highest BCUT2D eigenvalue weighted by Gasteiger charge is 2.07. The summed E-state index contributed by atoms with van der Waals surface area (Å²) in [6.07, 6.45) is 7.55. The second-order valence-corrected chi connectivity index (χ2v) is 7.67. The summed E-state index contributed by atoms with van der Waals surface area (Å²) in [5, 5.41) is 0. The lowest BCUT2D eigenvalue weighted by Crippen LogP contribution is -1.93. The molecule has 0 saturated heterocycles. The van der Waals surface area contributed by atoms with Gasteiger partial charge in [0.25, 0.3) is 0 Å². The van der Waals surface area contributed by atoms with Crippen molar-refractivity contribution in [3.05, 3.63) is 29.8 Å². The predicted octanol–water partition coefficient (Wildman–Crippen LogP) is 2.55. The van der Waals surface area contributed by atoms with Crippen molar-refractivity contribution in [2.24, 2.45) is 0 Å². The average molecular weight is 182 g/mol. The van der Waals surface area contributed by atoms with Crippen LogP contribution in [0.4, 0.5) is 0 Å². The van der Waals surface area contributed by atoms with Gasteiger partial charge in [0.15, 0.2) is 0 Å². The highest BCUT2D eigenvalue weighted by molar-refractivity contribution is 8.32. The third-order valence-corrected chi connectivity index (χ3v) is 3.37. The summed E-state index contributed by atoms with van der Waals surface area (Å²) in [6.45, 7) is 0. The predicted molar refractivity (Wildman–Crippen MR) is 55.5 cm³/mol. The Kier molecular flexibility index (Phi) is 2.58. The van der Waals surface area contributed by atoms with Crippen LogP contribution in [0.2, 0.25) is 0 Å². The van der Waals surface area contributed by atoms with Crippen molar-refractivity contribution in [2.75, 3.05) is 18.8 Å². The first-order valence-electron chi connectivity index (χ1n) is 3.77. The number of carbonyl (C=O) groups excluding carboxylic acids is 1. The van der Waals surface area contributed by atoms with Gasteiger partial charge in [-0.15, -0.1) is 0 Å². The van der Waals surface area contributed by atoms with Gasteiger partial charge < -0.3 is 0 Å². The molecule has 0 aromatic heterocycles. The maximum atomic E-state index is 10.5. The highest BCUT2D eigenvalue weighted by Crippen LogP contribution is 2.44. The van der Waals surface area contributed by atoms with Gasteiger partial charge in [-0.3, -0.25) is 4.79 Å². The summed E-state index contributed by atoms with van der Waals surface area (Å²) >= 11 is 0. The summed E-state index contributed by atoms with van der Waals surface area (Å²) in [6, 6.07) is 7.84. The summed E-state index contributed by atoms with van der Waals surface area (Å²) in [5.41, 5.74) is 0.773. The normalized spacial score (nSPS) is 12.6. The molecule has 0 amide bonds. The van der Waals surface area contributed by atoms with E-state index in [1.54, 1.807) is 0 Å². The molecule has 1 aromatic carbocycles. The minimum Gasteiger partial charge on any atom is -0.298 e. The third kappa shape index (κ3) is 2.11. The fourth-order valence-corrected chi connectivity index (χ4v) is 1.95. The van der Waals surface area contributed by atoms with E-state index in [9.17, 15) is 4.79 Å². The molecule has 0 saturated carbocycles. The summed E-state index contributed by atoms with van der Waals surface area (Å²) in [5.74, 6) is 0. The Bertz CT molecular complexity index is 286. The monoisotopic (exact) mass is 182 g/mol. The molecule has 0 heterocycles. The Morgan fingerprint density at radius 1 is 1.25 bits per heavy atom. The van der Waals surface area contributed by atoms with E-state index in [1.807, 2.05) is 18.2 Å². The van der Waals surface area contributed by atoms with Crippen LogP contribution in [0.5, 0.6) is 0 Å². The van der Waals surface area contributed by atoms with Crippen LogP contribution in [0.1, 0.15) is 10.4 Å². The van der Waals surface area contributed by atoms with E-state index in [4.69, 9.17) is 0 Å². The number of hydrogen-bond acceptors (Lipinski definition) is 1. The first-order valence-corrected chi connectivity index (χ1v) is 6.63. The molecule has 0 aliphatic carbocycles. The van der Waals surface area contributed by atoms with Gasteiger partial charge in [-0.05, 0) is 29.7 Å². The molecular formula is C10H14OS. The minimum absolute atomic E-state index is 0.694. The SMILES string of the molecule is CS(C)(C)c1cccc(C=O)c1. The zero-order valence-electron chi connectivity index (χ0n) is 7.70. The lowest BCUT2D eigenvalue weighted by atomic mass is 10.2. The molecule has 0 N–H and O–H groups in total. The molecule has 1 aromatic rings. The van der Waals surface area contributed by atoms with Crippen LogP contribution < -0.4 is 0 Å². The molecule has 0 aliphatic heterocycles. The third-order valence-electron chi connectivity index (χ3n) is 1.70. The van der Waals surface area contributed by atoms with Crippen LogP contribution in [0.25, 0.3) is 0 Å². The van der Waals surface area contributed by atoms with Gasteiger partial charge in [-0.1, -0.05) is 18.2 Å². The molecule has 0 spiro atoms. The minimum atomic E-state index is -0.694. The molecule has 12 heavy (non-hydrogen) atoms. The first kappa shape index (κ1) is 9.33. The molecular weight excluding hydrogens is 168 g/mol. The molecule has 0 bridgehead atoms. The van der Waals surface area contributed by atoms with Crippen LogP contribution in [0, 0.1) is 0 Å². The van der Waals surface area contributed by atoms with Gasteiger partial charge in [-0.2, -0.15) is 0 Å². The largest absolute Gasteiger partial charge is 0.298 e. The zero-order valence-corrected chi connectivity index (χ0v) is 8.52. The molecule has 66 valence electrons. The first-order chi connectivity index (χ1) is 5.54. The van der Waals surface area contributed by atoms with Gasteiger partial charge >= 0.3 is 0 Å². The second kappa shape index (κ2) is 3.31. The van der Waals surface area contributed by atoms with Crippen LogP contribution in [0.3, 0.4) is 0 Å². The number of rotatable bonds is 2. The Morgan fingerprint density at radius 3 is 2.42 bits per heavy atom. The molecule has 1 nitrogen and oxygen atoms in total. The highest BCUT2D eigenvalue weighted by atomic mass is 32.3. The Morgan fingerprint density at radius 2 is 1.92 bits per heavy atom. The van der Waals surface area contributed by atoms with Crippen LogP contribution in [-0.2, 0) is 0 Å². The van der Waals surface area contributed by atoms with Crippen molar-refractivity contribution in [2.45, 2.75) is 4.90 Å². The van der Waals surface area contributed by atoms with E-state index < -0.39 is 10.0 Å².